The van der Waals surface area contributed by atoms with Crippen molar-refractivity contribution in [1.82, 2.24) is 9.38 Å². The molecular formula is C13H15B2BrN4OS. The van der Waals surface area contributed by atoms with Gasteiger partial charge in [0.25, 0.3) is 0 Å². The van der Waals surface area contributed by atoms with Crippen LogP contribution < -0.4 is 11.1 Å². The first-order valence-electron chi connectivity index (χ1n) is 6.68. The van der Waals surface area contributed by atoms with Gasteiger partial charge in [0, 0.05) is 0 Å². The minimum atomic E-state index is -0.310. The number of carbonyl (C=O) groups is 1. The Balaban J connectivity index is 2.47. The number of carbonyl (C=O) groups excluding carboxylic acids is 1. The van der Waals surface area contributed by atoms with Crippen LogP contribution in [0.1, 0.15) is 6.92 Å². The van der Waals surface area contributed by atoms with Crippen LogP contribution >= 0.6 is 27.7 Å². The predicted octanol–water partition coefficient (Wildman–Crippen LogP) is 0.654. The van der Waals surface area contributed by atoms with Gasteiger partial charge in [0.2, 0.25) is 0 Å². The number of rotatable bonds is 5. The molecule has 0 aromatic carbocycles. The molecule has 9 heteroatoms. The number of amides is 1. The number of pyridine rings is 1. The SMILES string of the molecule is B=C/C(C(=O)Nc1nc2ccc(Br)cn2c1SCC)=C(\B)N. The Bertz CT molecular complexity index is 771. The van der Waals surface area contributed by atoms with Crippen molar-refractivity contribution < 1.29 is 4.79 Å². The molecule has 0 saturated carbocycles. The molecule has 0 bridgehead atoms. The third kappa shape index (κ3) is 3.47. The van der Waals surface area contributed by atoms with Crippen LogP contribution in [0, 0.1) is 0 Å². The van der Waals surface area contributed by atoms with Crippen molar-refractivity contribution in [3.05, 3.63) is 34.0 Å². The topological polar surface area (TPSA) is 72.4 Å². The van der Waals surface area contributed by atoms with E-state index in [0.717, 1.165) is 20.9 Å². The van der Waals surface area contributed by atoms with Crippen LogP contribution in [0.25, 0.3) is 5.65 Å². The number of halogens is 1. The van der Waals surface area contributed by atoms with E-state index < -0.39 is 0 Å². The fraction of sp³-hybridized carbons (Fsp3) is 0.154. The van der Waals surface area contributed by atoms with Gasteiger partial charge >= 0.3 is 143 Å². The second-order valence-corrected chi connectivity index (χ2v) is 6.70. The Morgan fingerprint density at radius 1 is 1.64 bits per heavy atom. The fourth-order valence-electron chi connectivity index (χ4n) is 1.96. The summed E-state index contributed by atoms with van der Waals surface area (Å²) in [4.78, 5) is 16.8. The number of anilines is 1. The van der Waals surface area contributed by atoms with Crippen LogP contribution in [0.2, 0.25) is 0 Å². The average molecular weight is 377 g/mol. The Morgan fingerprint density at radius 2 is 2.36 bits per heavy atom. The number of fused-ring (bicyclic) bond motifs is 1. The first-order valence-corrected chi connectivity index (χ1v) is 8.46. The van der Waals surface area contributed by atoms with E-state index in [9.17, 15) is 4.79 Å². The van der Waals surface area contributed by atoms with Crippen LogP contribution in [0.15, 0.2) is 39.0 Å². The zero-order valence-electron chi connectivity index (χ0n) is 12.4. The van der Waals surface area contributed by atoms with Gasteiger partial charge in [-0.25, -0.2) is 0 Å². The number of nitrogens with zero attached hydrogens (tertiary/aromatic N) is 2. The number of imidazole rings is 1. The summed E-state index contributed by atoms with van der Waals surface area (Å²) < 4.78 is 2.89. The van der Waals surface area contributed by atoms with Crippen molar-refractivity contribution in [2.75, 3.05) is 11.1 Å². The Kier molecular flexibility index (Phi) is 5.52. The molecule has 0 aliphatic rings. The quantitative estimate of drug-likeness (QED) is 0.456. The van der Waals surface area contributed by atoms with Gasteiger partial charge in [0.1, 0.15) is 0 Å². The molecule has 0 aliphatic heterocycles. The van der Waals surface area contributed by atoms with Gasteiger partial charge < -0.3 is 0 Å². The van der Waals surface area contributed by atoms with Gasteiger partial charge in [-0.15, -0.1) is 0 Å². The summed E-state index contributed by atoms with van der Waals surface area (Å²) in [5, 5.41) is 3.70. The van der Waals surface area contributed by atoms with Crippen LogP contribution in [-0.2, 0) is 4.79 Å². The summed E-state index contributed by atoms with van der Waals surface area (Å²) in [5.74, 6) is 2.53. The number of nitrogens with two attached hydrogens (primary N) is 1. The fourth-order valence-corrected chi connectivity index (χ4v) is 3.09. The summed E-state index contributed by atoms with van der Waals surface area (Å²) in [7, 11) is 5.29. The zero-order valence-corrected chi connectivity index (χ0v) is 14.8. The molecular weight excluding hydrogens is 362 g/mol. The predicted molar refractivity (Wildman–Crippen MR) is 101 cm³/mol. The normalized spacial score (nSPS) is 12.0. The minimum absolute atomic E-state index is 0.310. The Hall–Kier alpha value is -1.47. The van der Waals surface area contributed by atoms with Crippen molar-refractivity contribution in [2.45, 2.75) is 11.9 Å². The van der Waals surface area contributed by atoms with Gasteiger partial charge in [-0.2, -0.15) is 0 Å². The molecule has 2 heterocycles. The molecule has 1 amide bonds. The molecule has 0 aliphatic carbocycles. The maximum absolute atomic E-state index is 12.3. The number of thioether (sulfide) groups is 1. The van der Waals surface area contributed by atoms with Crippen LogP contribution in [0.5, 0.6) is 0 Å². The first kappa shape index (κ1) is 16.9. The standard InChI is InChI=1S/C13H15B2BrN4OS/c1-2-22-13-11(19-12(21)8(5-14)10(15)17)18-9-4-3-7(16)6-20(9)13/h3-6,14H,2,15,17H2,1H3,(H,19,21)/b10-8-. The third-order valence-electron chi connectivity index (χ3n) is 2.93. The van der Waals surface area contributed by atoms with Crippen LogP contribution in [-0.4, -0.2) is 42.3 Å². The van der Waals surface area contributed by atoms with Crippen LogP contribution in [0.3, 0.4) is 0 Å². The third-order valence-corrected chi connectivity index (χ3v) is 4.35. The van der Waals surface area contributed by atoms with Gasteiger partial charge in [-0.1, -0.05) is 0 Å². The summed E-state index contributed by atoms with van der Waals surface area (Å²) >= 11 is 5.06. The summed E-state index contributed by atoms with van der Waals surface area (Å²) in [6.07, 6.45) is 1.93. The summed E-state index contributed by atoms with van der Waals surface area (Å²) in [5.41, 5.74) is 7.24. The van der Waals surface area contributed by atoms with Crippen molar-refractivity contribution in [2.24, 2.45) is 5.73 Å². The van der Waals surface area contributed by atoms with Gasteiger partial charge in [0.05, 0.1) is 0 Å². The zero-order chi connectivity index (χ0) is 16.3. The number of aromatic nitrogens is 2. The molecule has 0 unspecified atom stereocenters. The molecule has 112 valence electrons. The van der Waals surface area contributed by atoms with E-state index in [4.69, 9.17) is 5.73 Å². The number of nitrogens with one attached hydrogen (secondary N) is 1. The van der Waals surface area contributed by atoms with Gasteiger partial charge in [-0.3, -0.25) is 0 Å². The first-order chi connectivity index (χ1) is 10.5. The van der Waals surface area contributed by atoms with E-state index >= 15 is 0 Å². The molecule has 5 nitrogen and oxygen atoms in total. The second kappa shape index (κ2) is 7.19. The maximum atomic E-state index is 12.3. The number of hydrogen-bond acceptors (Lipinski definition) is 4. The van der Waals surface area contributed by atoms with E-state index in [0.29, 0.717) is 17.0 Å². The summed E-state index contributed by atoms with van der Waals surface area (Å²) in [6.45, 7) is 2.05. The summed E-state index contributed by atoms with van der Waals surface area (Å²) in [6, 6.07) is 3.80. The molecule has 0 saturated heterocycles. The van der Waals surface area contributed by atoms with E-state index in [1.54, 1.807) is 19.6 Å². The second-order valence-electron chi connectivity index (χ2n) is 4.53. The molecule has 2 rings (SSSR count). The average Bonchev–Trinajstić information content (AvgIpc) is 2.77. The number of hydrogen-bond donors (Lipinski definition) is 2. The van der Waals surface area contributed by atoms with Crippen molar-refractivity contribution in [1.29, 1.82) is 0 Å². The van der Waals surface area contributed by atoms with Crippen molar-refractivity contribution >= 4 is 66.4 Å². The molecule has 0 fully saturated rings. The molecule has 22 heavy (non-hydrogen) atoms. The Morgan fingerprint density at radius 3 is 2.95 bits per heavy atom. The van der Waals surface area contributed by atoms with Gasteiger partial charge in [0.15, 0.2) is 0 Å². The molecule has 0 spiro atoms. The van der Waals surface area contributed by atoms with E-state index in [2.05, 4.69) is 33.7 Å². The van der Waals surface area contributed by atoms with E-state index in [1.807, 2.05) is 29.7 Å². The Labute approximate surface area is 143 Å². The van der Waals surface area contributed by atoms with Gasteiger partial charge in [-0.05, 0) is 0 Å². The van der Waals surface area contributed by atoms with E-state index in [1.165, 1.54) is 5.97 Å². The van der Waals surface area contributed by atoms with Crippen LogP contribution in [0.4, 0.5) is 5.82 Å². The molecule has 2 aromatic heterocycles. The molecule has 2 aromatic rings. The molecule has 0 atom stereocenters. The molecule has 0 radical (unpaired) electrons. The van der Waals surface area contributed by atoms with Crippen molar-refractivity contribution in [3.63, 3.8) is 0 Å². The van der Waals surface area contributed by atoms with E-state index in [-0.39, 0.29) is 5.91 Å². The molecule has 3 N–H and O–H groups in total. The monoisotopic (exact) mass is 376 g/mol. The van der Waals surface area contributed by atoms with Crippen molar-refractivity contribution in [3.8, 4) is 0 Å².